The molecule has 1 saturated carbocycles. The van der Waals surface area contributed by atoms with Crippen LogP contribution in [0.1, 0.15) is 10.8 Å². The summed E-state index contributed by atoms with van der Waals surface area (Å²) in [5.74, 6) is -0.606. The summed E-state index contributed by atoms with van der Waals surface area (Å²) in [6, 6.07) is 10.9. The summed E-state index contributed by atoms with van der Waals surface area (Å²) in [5.41, 5.74) is -3.03. The van der Waals surface area contributed by atoms with Crippen LogP contribution in [0, 0.1) is 56.2 Å². The molecule has 1 aliphatic rings. The van der Waals surface area contributed by atoms with E-state index in [2.05, 4.69) is 0 Å². The highest BCUT2D eigenvalue weighted by Gasteiger charge is 2.82. The lowest BCUT2D eigenvalue weighted by Gasteiger charge is -1.92. The zero-order chi connectivity index (χ0) is 11.8. The minimum absolute atomic E-state index is 0.606. The van der Waals surface area contributed by atoms with Gasteiger partial charge < -0.3 is 0 Å². The Morgan fingerprint density at radius 1 is 1.00 bits per heavy atom. The SMILES string of the molecule is N#CC1(C#N)C(c2cccs2)C1(C#N)C#N. The minimum Gasteiger partial charge on any atom is -0.196 e. The Kier molecular flexibility index (Phi) is 1.96. The molecule has 0 N–H and O–H groups in total. The van der Waals surface area contributed by atoms with E-state index in [1.165, 1.54) is 11.3 Å². The molecule has 1 aliphatic carbocycles. The quantitative estimate of drug-likeness (QED) is 0.727. The van der Waals surface area contributed by atoms with E-state index in [1.54, 1.807) is 17.5 Å². The van der Waals surface area contributed by atoms with Crippen LogP contribution in [0.3, 0.4) is 0 Å². The predicted octanol–water partition coefficient (Wildman–Crippen LogP) is 1.91. The van der Waals surface area contributed by atoms with Crippen molar-refractivity contribution in [1.29, 1.82) is 21.0 Å². The molecule has 2 rings (SSSR count). The van der Waals surface area contributed by atoms with E-state index in [0.717, 1.165) is 4.88 Å². The fourth-order valence-electron chi connectivity index (χ4n) is 2.02. The molecule has 5 heteroatoms. The van der Waals surface area contributed by atoms with Crippen molar-refractivity contribution in [1.82, 2.24) is 0 Å². The zero-order valence-corrected chi connectivity index (χ0v) is 8.82. The predicted molar refractivity (Wildman–Crippen MR) is 54.4 cm³/mol. The van der Waals surface area contributed by atoms with Crippen LogP contribution in [0.4, 0.5) is 0 Å². The van der Waals surface area contributed by atoms with Crippen LogP contribution < -0.4 is 0 Å². The maximum absolute atomic E-state index is 9.05. The van der Waals surface area contributed by atoms with Gasteiger partial charge in [-0.1, -0.05) is 6.07 Å². The number of nitrogens with zero attached hydrogens (tertiary/aromatic N) is 4. The second-order valence-electron chi connectivity index (χ2n) is 3.51. The van der Waals surface area contributed by atoms with Crippen LogP contribution in [0.25, 0.3) is 0 Å². The number of hydrogen-bond acceptors (Lipinski definition) is 5. The van der Waals surface area contributed by atoms with Gasteiger partial charge in [-0.15, -0.1) is 11.3 Å². The van der Waals surface area contributed by atoms with Gasteiger partial charge in [-0.05, 0) is 11.4 Å². The highest BCUT2D eigenvalue weighted by Crippen LogP contribution is 2.73. The van der Waals surface area contributed by atoms with Crippen molar-refractivity contribution >= 4 is 11.3 Å². The summed E-state index contributed by atoms with van der Waals surface area (Å²) < 4.78 is 0. The van der Waals surface area contributed by atoms with Crippen LogP contribution in [-0.2, 0) is 0 Å². The molecule has 1 aromatic heterocycles. The Morgan fingerprint density at radius 2 is 1.50 bits per heavy atom. The van der Waals surface area contributed by atoms with Crippen LogP contribution in [0.5, 0.6) is 0 Å². The van der Waals surface area contributed by atoms with Gasteiger partial charge in [0, 0.05) is 4.88 Å². The average Bonchev–Trinajstić information content (AvgIpc) is 2.65. The number of hydrogen-bond donors (Lipinski definition) is 0. The molecule has 4 nitrogen and oxygen atoms in total. The van der Waals surface area contributed by atoms with Crippen molar-refractivity contribution in [2.45, 2.75) is 5.92 Å². The van der Waals surface area contributed by atoms with Crippen LogP contribution >= 0.6 is 11.3 Å². The maximum Gasteiger partial charge on any atom is 0.186 e. The molecule has 1 heterocycles. The zero-order valence-electron chi connectivity index (χ0n) is 8.01. The molecule has 0 bridgehead atoms. The minimum atomic E-state index is -1.51. The number of nitriles is 4. The Labute approximate surface area is 96.2 Å². The molecule has 0 aliphatic heterocycles. The van der Waals surface area contributed by atoms with E-state index < -0.39 is 16.7 Å². The van der Waals surface area contributed by atoms with Crippen LogP contribution in [-0.4, -0.2) is 0 Å². The van der Waals surface area contributed by atoms with Crippen molar-refractivity contribution in [3.05, 3.63) is 22.4 Å². The first-order valence-electron chi connectivity index (χ1n) is 4.41. The molecule has 0 saturated heterocycles. The third-order valence-electron chi connectivity index (χ3n) is 2.94. The Bertz CT molecular complexity index is 522. The summed E-state index contributed by atoms with van der Waals surface area (Å²) in [5, 5.41) is 38.0. The monoisotopic (exact) mass is 224 g/mol. The van der Waals surface area contributed by atoms with E-state index >= 15 is 0 Å². The van der Waals surface area contributed by atoms with Crippen molar-refractivity contribution in [3.63, 3.8) is 0 Å². The molecule has 1 fully saturated rings. The van der Waals surface area contributed by atoms with Gasteiger partial charge in [0.1, 0.15) is 0 Å². The second kappa shape index (κ2) is 3.07. The van der Waals surface area contributed by atoms with Gasteiger partial charge in [-0.25, -0.2) is 0 Å². The van der Waals surface area contributed by atoms with Gasteiger partial charge in [0.2, 0.25) is 0 Å². The Hall–Kier alpha value is -2.34. The molecule has 0 atom stereocenters. The van der Waals surface area contributed by atoms with E-state index in [-0.39, 0.29) is 0 Å². The fourth-order valence-corrected chi connectivity index (χ4v) is 2.98. The highest BCUT2D eigenvalue weighted by atomic mass is 32.1. The molecule has 0 aromatic carbocycles. The standard InChI is InChI=1S/C11H4N4S/c12-4-10(5-13)9(8-2-1-3-16-8)11(10,6-14)7-15/h1-3,9H. The van der Waals surface area contributed by atoms with Gasteiger partial charge in [0.05, 0.1) is 30.2 Å². The first-order valence-corrected chi connectivity index (χ1v) is 5.29. The average molecular weight is 224 g/mol. The van der Waals surface area contributed by atoms with Crippen LogP contribution in [0.2, 0.25) is 0 Å². The molecule has 0 spiro atoms. The topological polar surface area (TPSA) is 95.2 Å². The highest BCUT2D eigenvalue weighted by molar-refractivity contribution is 7.10. The molecule has 1 aromatic rings. The maximum atomic E-state index is 9.05. The number of thiophene rings is 1. The third-order valence-corrected chi connectivity index (χ3v) is 3.87. The molecular weight excluding hydrogens is 220 g/mol. The summed E-state index contributed by atoms with van der Waals surface area (Å²) in [6.45, 7) is 0. The summed E-state index contributed by atoms with van der Waals surface area (Å²) >= 11 is 1.36. The molecule has 16 heavy (non-hydrogen) atoms. The lowest BCUT2D eigenvalue weighted by molar-refractivity contribution is 0.727. The lowest BCUT2D eigenvalue weighted by atomic mass is 9.98. The summed E-state index contributed by atoms with van der Waals surface area (Å²) in [4.78, 5) is 0.742. The van der Waals surface area contributed by atoms with Gasteiger partial charge >= 0.3 is 0 Å². The van der Waals surface area contributed by atoms with Crippen molar-refractivity contribution < 1.29 is 0 Å². The molecule has 0 amide bonds. The third kappa shape index (κ3) is 0.842. The summed E-state index contributed by atoms with van der Waals surface area (Å²) in [6.07, 6.45) is 0. The molecule has 74 valence electrons. The van der Waals surface area contributed by atoms with Crippen molar-refractivity contribution in [2.24, 2.45) is 10.8 Å². The van der Waals surface area contributed by atoms with E-state index in [1.807, 2.05) is 24.3 Å². The summed E-state index contributed by atoms with van der Waals surface area (Å²) in [7, 11) is 0. The number of rotatable bonds is 1. The lowest BCUT2D eigenvalue weighted by Crippen LogP contribution is -2.05. The first-order chi connectivity index (χ1) is 7.72. The smallest absolute Gasteiger partial charge is 0.186 e. The Morgan fingerprint density at radius 3 is 1.81 bits per heavy atom. The first kappa shape index (κ1) is 10.2. The van der Waals surface area contributed by atoms with Crippen molar-refractivity contribution in [2.75, 3.05) is 0 Å². The van der Waals surface area contributed by atoms with Crippen molar-refractivity contribution in [3.8, 4) is 24.3 Å². The Balaban J connectivity index is 2.60. The van der Waals surface area contributed by atoms with E-state index in [4.69, 9.17) is 21.0 Å². The molecule has 0 unspecified atom stereocenters. The van der Waals surface area contributed by atoms with Crippen LogP contribution in [0.15, 0.2) is 17.5 Å². The van der Waals surface area contributed by atoms with Gasteiger partial charge in [-0.3, -0.25) is 0 Å². The van der Waals surface area contributed by atoms with Gasteiger partial charge in [-0.2, -0.15) is 21.0 Å². The normalized spacial score (nSPS) is 19.8. The molecule has 0 radical (unpaired) electrons. The van der Waals surface area contributed by atoms with E-state index in [9.17, 15) is 0 Å². The molecular formula is C11H4N4S. The largest absolute Gasteiger partial charge is 0.196 e. The van der Waals surface area contributed by atoms with Gasteiger partial charge in [0.25, 0.3) is 0 Å². The van der Waals surface area contributed by atoms with Gasteiger partial charge in [0.15, 0.2) is 10.8 Å². The fraction of sp³-hybridized carbons (Fsp3) is 0.273. The van der Waals surface area contributed by atoms with E-state index in [0.29, 0.717) is 0 Å². The second-order valence-corrected chi connectivity index (χ2v) is 4.49.